The molecule has 2 atom stereocenters. The number of nitrogens with one attached hydrogen (secondary N) is 1. The quantitative estimate of drug-likeness (QED) is 0.139. The molecular formula is C30H43NO15P2. The molecule has 268 valence electrons. The maximum Gasteiger partial charge on any atom is 0.481 e. The zero-order valence-electron chi connectivity index (χ0n) is 28.3. The van der Waals surface area contributed by atoms with Crippen LogP contribution >= 0.6 is 15.2 Å². The van der Waals surface area contributed by atoms with E-state index in [2.05, 4.69) is 18.9 Å². The van der Waals surface area contributed by atoms with E-state index >= 15 is 0 Å². The summed E-state index contributed by atoms with van der Waals surface area (Å²) in [6, 6.07) is 8.49. The molecule has 2 unspecified atom stereocenters. The van der Waals surface area contributed by atoms with Crippen LogP contribution in [0.3, 0.4) is 0 Å². The molecule has 18 heteroatoms. The van der Waals surface area contributed by atoms with Crippen molar-refractivity contribution in [1.29, 1.82) is 0 Å². The molecule has 0 saturated heterocycles. The summed E-state index contributed by atoms with van der Waals surface area (Å²) in [6.07, 6.45) is -2.96. The molecule has 0 aliphatic heterocycles. The van der Waals surface area contributed by atoms with Gasteiger partial charge in [0.25, 0.3) is 0 Å². The number of amides is 1. The number of rotatable bonds is 14. The van der Waals surface area contributed by atoms with E-state index in [4.69, 9.17) is 4.74 Å². The van der Waals surface area contributed by atoms with Crippen LogP contribution in [0.1, 0.15) is 80.7 Å². The number of aliphatic hydroxyl groups is 1. The second-order valence-corrected chi connectivity index (χ2v) is 18.2. The van der Waals surface area contributed by atoms with E-state index in [0.717, 1.165) is 0 Å². The van der Waals surface area contributed by atoms with Crippen LogP contribution in [0.25, 0.3) is 0 Å². The van der Waals surface area contributed by atoms with Crippen molar-refractivity contribution in [1.82, 2.24) is 5.32 Å². The highest BCUT2D eigenvalue weighted by molar-refractivity contribution is 7.74. The molecule has 1 amide bonds. The zero-order valence-corrected chi connectivity index (χ0v) is 30.1. The summed E-state index contributed by atoms with van der Waals surface area (Å²) < 4.78 is 46.9. The highest BCUT2D eigenvalue weighted by Crippen LogP contribution is 2.76. The Morgan fingerprint density at radius 1 is 0.688 bits per heavy atom. The van der Waals surface area contributed by atoms with Crippen molar-refractivity contribution < 1.29 is 71.0 Å². The molecule has 0 aliphatic carbocycles. The predicted octanol–water partition coefficient (Wildman–Crippen LogP) is 4.19. The molecule has 0 radical (unpaired) electrons. The van der Waals surface area contributed by atoms with Gasteiger partial charge in [0.15, 0.2) is 0 Å². The van der Waals surface area contributed by atoms with Gasteiger partial charge in [-0.1, -0.05) is 92.6 Å². The summed E-state index contributed by atoms with van der Waals surface area (Å²) in [5.74, 6) is -10.2. The Kier molecular flexibility index (Phi) is 13.8. The number of ether oxygens (including phenoxy) is 1. The summed E-state index contributed by atoms with van der Waals surface area (Å²) >= 11 is 0. The second kappa shape index (κ2) is 15.7. The van der Waals surface area contributed by atoms with Crippen LogP contribution in [-0.2, 0) is 62.8 Å². The lowest BCUT2D eigenvalue weighted by molar-refractivity contribution is -0.155. The third-order valence-electron chi connectivity index (χ3n) is 6.27. The monoisotopic (exact) mass is 719 g/mol. The van der Waals surface area contributed by atoms with Gasteiger partial charge >= 0.3 is 44.3 Å². The van der Waals surface area contributed by atoms with Gasteiger partial charge in [0.2, 0.25) is 17.3 Å². The van der Waals surface area contributed by atoms with Crippen molar-refractivity contribution in [3.05, 3.63) is 35.9 Å². The van der Waals surface area contributed by atoms with Gasteiger partial charge in [0.1, 0.15) is 6.61 Å². The van der Waals surface area contributed by atoms with Crippen molar-refractivity contribution in [2.24, 2.45) is 16.2 Å². The largest absolute Gasteiger partial charge is 0.481 e. The van der Waals surface area contributed by atoms with Crippen LogP contribution < -0.4 is 5.32 Å². The van der Waals surface area contributed by atoms with E-state index in [1.165, 1.54) is 62.3 Å². The lowest BCUT2D eigenvalue weighted by atomic mass is 9.91. The van der Waals surface area contributed by atoms with E-state index in [9.17, 15) is 52.7 Å². The van der Waals surface area contributed by atoms with Crippen molar-refractivity contribution in [2.45, 2.75) is 86.8 Å². The lowest BCUT2D eigenvalue weighted by Crippen LogP contribution is -2.40. The van der Waals surface area contributed by atoms with Crippen molar-refractivity contribution in [3.8, 4) is 0 Å². The van der Waals surface area contributed by atoms with Crippen molar-refractivity contribution in [2.75, 3.05) is 6.54 Å². The predicted molar refractivity (Wildman–Crippen MR) is 168 cm³/mol. The van der Waals surface area contributed by atoms with Gasteiger partial charge in [-0.2, -0.15) is 0 Å². The lowest BCUT2D eigenvalue weighted by Gasteiger charge is -2.35. The minimum atomic E-state index is -6.30. The first-order valence-electron chi connectivity index (χ1n) is 14.5. The van der Waals surface area contributed by atoms with Gasteiger partial charge in [-0.3, -0.25) is 14.4 Å². The molecule has 0 aliphatic rings. The van der Waals surface area contributed by atoms with Gasteiger partial charge in [-0.25, -0.2) is 28.3 Å². The molecule has 16 nitrogen and oxygen atoms in total. The van der Waals surface area contributed by atoms with E-state index in [0.29, 0.717) is 5.56 Å². The van der Waals surface area contributed by atoms with E-state index in [-0.39, 0.29) is 6.61 Å². The highest BCUT2D eigenvalue weighted by Gasteiger charge is 2.69. The summed E-state index contributed by atoms with van der Waals surface area (Å²) in [4.78, 5) is 99.3. The third kappa shape index (κ3) is 11.2. The highest BCUT2D eigenvalue weighted by atomic mass is 31.2. The van der Waals surface area contributed by atoms with Gasteiger partial charge in [-0.05, 0) is 12.0 Å². The average molecular weight is 720 g/mol. The molecule has 1 aromatic rings. The minimum Gasteiger partial charge on any atom is -0.445 e. The summed E-state index contributed by atoms with van der Waals surface area (Å²) in [5, 5.41) is 9.86. The van der Waals surface area contributed by atoms with E-state index in [1.807, 2.05) is 0 Å². The first-order chi connectivity index (χ1) is 21.6. The fourth-order valence-corrected chi connectivity index (χ4v) is 7.20. The van der Waals surface area contributed by atoms with Crippen LogP contribution in [0, 0.1) is 16.2 Å². The van der Waals surface area contributed by atoms with Crippen LogP contribution in [-0.4, -0.2) is 63.0 Å². The first kappa shape index (κ1) is 42.3. The van der Waals surface area contributed by atoms with Crippen molar-refractivity contribution in [3.63, 3.8) is 0 Å². The summed E-state index contributed by atoms with van der Waals surface area (Å²) in [5.41, 5.74) is -3.90. The van der Waals surface area contributed by atoms with Crippen LogP contribution in [0.2, 0.25) is 0 Å². The van der Waals surface area contributed by atoms with Crippen molar-refractivity contribution >= 4 is 56.5 Å². The van der Waals surface area contributed by atoms with Crippen LogP contribution in [0.15, 0.2) is 30.3 Å². The molecule has 0 aromatic heterocycles. The second-order valence-electron chi connectivity index (χ2n) is 13.8. The van der Waals surface area contributed by atoms with Gasteiger partial charge in [0.05, 0.1) is 0 Å². The number of carbonyl (C=O) groups excluding carboxylic acids is 7. The Morgan fingerprint density at radius 2 is 1.08 bits per heavy atom. The minimum absolute atomic E-state index is 0.148. The molecule has 1 aromatic carbocycles. The normalized spacial score (nSPS) is 14.7. The molecule has 0 saturated carbocycles. The maximum absolute atomic E-state index is 14.3. The number of hydrogen-bond donors (Lipinski definition) is 3. The Balaban J connectivity index is 3.62. The number of carbonyl (C=O) groups is 7. The standard InChI is InChI=1S/C30H43NO15P2/c1-27(2,3)20(32)23(35)44-47(40,41)30(39,16-13-17-31-26(38)43-18-19-14-11-10-12-15-19)48(42,45-24(36)21(33)28(4,5)6)46-25(37)22(34)29(7,8)9/h10-12,14-15,39H,13,16-18H2,1-9H3,(H,31,38)(H,40,41). The molecule has 0 heterocycles. The number of benzene rings is 1. The average Bonchev–Trinajstić information content (AvgIpc) is 2.95. The van der Waals surface area contributed by atoms with Crippen LogP contribution in [0.4, 0.5) is 4.79 Å². The first-order valence-corrected chi connectivity index (χ1v) is 17.7. The smallest absolute Gasteiger partial charge is 0.445 e. The summed E-state index contributed by atoms with van der Waals surface area (Å²) in [6.45, 7) is 10.5. The molecule has 3 N–H and O–H groups in total. The van der Waals surface area contributed by atoms with Gasteiger partial charge in [0, 0.05) is 29.2 Å². The SMILES string of the molecule is CC(C)(C)C(=O)C(=O)OP(=O)(O)C(O)(CCCNC(=O)OCc1ccccc1)P(=O)(OC(=O)C(=O)C(C)(C)C)OC(=O)C(=O)C(C)(C)C. The fourth-order valence-electron chi connectivity index (χ4n) is 3.33. The maximum atomic E-state index is 14.3. The van der Waals surface area contributed by atoms with E-state index < -0.39 is 97.3 Å². The fraction of sp³-hybridized carbons (Fsp3) is 0.567. The molecule has 0 spiro atoms. The molecular weight excluding hydrogens is 676 g/mol. The van der Waals surface area contributed by atoms with E-state index in [1.54, 1.807) is 30.3 Å². The Hall–Kier alpha value is -3.71. The Labute approximate surface area is 278 Å². The Morgan fingerprint density at radius 3 is 1.48 bits per heavy atom. The number of Topliss-reactive ketones (excluding diaryl/α,β-unsaturated/α-hetero) is 3. The van der Waals surface area contributed by atoms with Gasteiger partial charge < -0.3 is 33.6 Å². The molecule has 0 bridgehead atoms. The number of alkyl carbamates (subject to hydrolysis) is 1. The molecule has 1 rings (SSSR count). The number of ketones is 3. The van der Waals surface area contributed by atoms with Gasteiger partial charge in [-0.15, -0.1) is 0 Å². The number of hydrogen-bond acceptors (Lipinski definition) is 14. The Bertz CT molecular complexity index is 1470. The summed E-state index contributed by atoms with van der Waals surface area (Å²) in [7, 11) is -12.6. The molecule has 48 heavy (non-hydrogen) atoms. The molecule has 0 fully saturated rings. The zero-order chi connectivity index (χ0) is 37.5. The topological polar surface area (TPSA) is 243 Å². The van der Waals surface area contributed by atoms with Crippen LogP contribution in [0.5, 0.6) is 0 Å². The third-order valence-corrected chi connectivity index (χ3v) is 11.2.